The number of nitrogens with one attached hydrogen (secondary N) is 2. The van der Waals surface area contributed by atoms with Crippen LogP contribution in [0.15, 0.2) is 48.7 Å². The Balaban J connectivity index is 1.32. The predicted molar refractivity (Wildman–Crippen MR) is 105 cm³/mol. The van der Waals surface area contributed by atoms with Gasteiger partial charge in [0.2, 0.25) is 5.82 Å². The third kappa shape index (κ3) is 3.16. The number of aromatic nitrogens is 4. The van der Waals surface area contributed by atoms with Gasteiger partial charge in [-0.2, -0.15) is 0 Å². The zero-order chi connectivity index (χ0) is 20.0. The van der Waals surface area contributed by atoms with E-state index in [1.807, 2.05) is 42.5 Å². The van der Waals surface area contributed by atoms with Crippen LogP contribution in [-0.4, -0.2) is 45.1 Å². The fourth-order valence-electron chi connectivity index (χ4n) is 4.06. The number of fused-ring (bicyclic) bond motifs is 3. The molecular formula is C21H20N6O2. The lowest BCUT2D eigenvalue weighted by Crippen LogP contribution is -2.48. The highest BCUT2D eigenvalue weighted by Gasteiger charge is 2.52. The molecule has 3 heterocycles. The minimum atomic E-state index is -0.609. The van der Waals surface area contributed by atoms with Crippen molar-refractivity contribution in [3.63, 3.8) is 0 Å². The molecule has 8 heteroatoms. The number of benzene rings is 1. The molecule has 2 amide bonds. The van der Waals surface area contributed by atoms with Crippen molar-refractivity contribution in [1.82, 2.24) is 25.5 Å². The molecule has 1 fully saturated rings. The number of H-pyrrole nitrogens is 1. The van der Waals surface area contributed by atoms with E-state index in [4.69, 9.17) is 0 Å². The lowest BCUT2D eigenvalue weighted by atomic mass is 10.1. The van der Waals surface area contributed by atoms with E-state index < -0.39 is 11.9 Å². The predicted octanol–water partition coefficient (Wildman–Crippen LogP) is 1.67. The normalized spacial score (nSPS) is 22.4. The summed E-state index contributed by atoms with van der Waals surface area (Å²) < 4.78 is 0. The van der Waals surface area contributed by atoms with Crippen LogP contribution in [0.25, 0.3) is 0 Å². The highest BCUT2D eigenvalue weighted by molar-refractivity contribution is 6.02. The molecule has 5 rings (SSSR count). The van der Waals surface area contributed by atoms with Gasteiger partial charge in [0.1, 0.15) is 17.7 Å². The van der Waals surface area contributed by atoms with Gasteiger partial charge in [0.15, 0.2) is 0 Å². The van der Waals surface area contributed by atoms with E-state index in [1.165, 1.54) is 4.90 Å². The Morgan fingerprint density at radius 2 is 2.07 bits per heavy atom. The van der Waals surface area contributed by atoms with Crippen LogP contribution in [-0.2, 0) is 11.2 Å². The van der Waals surface area contributed by atoms with Gasteiger partial charge in [-0.1, -0.05) is 36.4 Å². The fraction of sp³-hybridized carbons (Fsp3) is 0.286. The van der Waals surface area contributed by atoms with Crippen LogP contribution >= 0.6 is 0 Å². The van der Waals surface area contributed by atoms with Crippen molar-refractivity contribution in [2.24, 2.45) is 5.92 Å². The molecule has 1 saturated carbocycles. The van der Waals surface area contributed by atoms with Crippen molar-refractivity contribution in [3.8, 4) is 0 Å². The number of amides is 2. The minimum Gasteiger partial charge on any atom is -0.337 e. The van der Waals surface area contributed by atoms with Crippen LogP contribution in [0.5, 0.6) is 0 Å². The third-order valence-corrected chi connectivity index (χ3v) is 5.63. The van der Waals surface area contributed by atoms with Crippen LogP contribution in [0, 0.1) is 5.92 Å². The van der Waals surface area contributed by atoms with Gasteiger partial charge in [-0.15, -0.1) is 5.10 Å². The van der Waals surface area contributed by atoms with Gasteiger partial charge < -0.3 is 5.32 Å². The third-order valence-electron chi connectivity index (χ3n) is 5.63. The van der Waals surface area contributed by atoms with Crippen molar-refractivity contribution in [2.75, 3.05) is 11.9 Å². The molecule has 146 valence electrons. The standard InChI is InChI=1S/C21H20N6O2/c1-27-19-13(8-5-9-22-19)14-11-15(14)17(21(27)29)24-20(28)18-23-16(25-26-18)10-12-6-3-2-4-7-12/h2-9,14-15,17H,10-11H2,1H3,(H,24,28)(H,23,25,26)/t14-,15?,17-/m0/s1. The lowest BCUT2D eigenvalue weighted by molar-refractivity contribution is -0.120. The Bertz CT molecular complexity index is 1080. The average molecular weight is 388 g/mol. The number of aromatic amines is 1. The number of carbonyl (C=O) groups is 2. The molecule has 2 aromatic heterocycles. The smallest absolute Gasteiger partial charge is 0.291 e. The highest BCUT2D eigenvalue weighted by atomic mass is 16.2. The first kappa shape index (κ1) is 17.5. The molecule has 29 heavy (non-hydrogen) atoms. The number of rotatable bonds is 4. The number of anilines is 1. The van der Waals surface area contributed by atoms with E-state index in [-0.39, 0.29) is 23.6 Å². The molecule has 0 spiro atoms. The Kier molecular flexibility index (Phi) is 4.12. The quantitative estimate of drug-likeness (QED) is 0.708. The molecule has 1 aliphatic heterocycles. The van der Waals surface area contributed by atoms with E-state index in [9.17, 15) is 9.59 Å². The second kappa shape index (κ2) is 6.80. The van der Waals surface area contributed by atoms with Gasteiger partial charge in [0.05, 0.1) is 0 Å². The molecule has 3 aromatic rings. The monoisotopic (exact) mass is 388 g/mol. The minimum absolute atomic E-state index is 0.0449. The SMILES string of the molecule is CN1C(=O)[C@@H](NC(=O)c2n[nH]c(Cc3ccccc3)n2)C2C[C@H]2c2cccnc21. The summed E-state index contributed by atoms with van der Waals surface area (Å²) in [6, 6.07) is 13.1. The molecule has 0 bridgehead atoms. The van der Waals surface area contributed by atoms with Crippen molar-refractivity contribution >= 4 is 17.6 Å². The molecule has 1 aliphatic carbocycles. The van der Waals surface area contributed by atoms with E-state index >= 15 is 0 Å². The molecule has 0 saturated heterocycles. The van der Waals surface area contributed by atoms with Gasteiger partial charge in [0.25, 0.3) is 11.8 Å². The summed E-state index contributed by atoms with van der Waals surface area (Å²) in [6.07, 6.45) is 3.09. The van der Waals surface area contributed by atoms with Crippen LogP contribution in [0.4, 0.5) is 5.82 Å². The van der Waals surface area contributed by atoms with Crippen LogP contribution in [0.1, 0.15) is 39.9 Å². The van der Waals surface area contributed by atoms with E-state index in [0.29, 0.717) is 18.1 Å². The fourth-order valence-corrected chi connectivity index (χ4v) is 4.06. The van der Waals surface area contributed by atoms with E-state index in [0.717, 1.165) is 17.5 Å². The summed E-state index contributed by atoms with van der Waals surface area (Å²) in [7, 11) is 1.70. The zero-order valence-electron chi connectivity index (χ0n) is 15.9. The Labute approximate surface area is 167 Å². The molecule has 3 atom stereocenters. The second-order valence-electron chi connectivity index (χ2n) is 7.54. The second-order valence-corrected chi connectivity index (χ2v) is 7.54. The molecule has 1 unspecified atom stereocenters. The first-order valence-electron chi connectivity index (χ1n) is 9.60. The van der Waals surface area contributed by atoms with E-state index in [1.54, 1.807) is 13.2 Å². The van der Waals surface area contributed by atoms with Gasteiger partial charge in [0, 0.05) is 19.7 Å². The van der Waals surface area contributed by atoms with Crippen LogP contribution < -0.4 is 10.2 Å². The maximum Gasteiger partial charge on any atom is 0.291 e. The van der Waals surface area contributed by atoms with Crippen LogP contribution in [0.2, 0.25) is 0 Å². The zero-order valence-corrected chi connectivity index (χ0v) is 15.9. The summed E-state index contributed by atoms with van der Waals surface area (Å²) in [5, 5.41) is 9.71. The summed E-state index contributed by atoms with van der Waals surface area (Å²) >= 11 is 0. The summed E-state index contributed by atoms with van der Waals surface area (Å²) in [4.78, 5) is 35.9. The highest BCUT2D eigenvalue weighted by Crippen LogP contribution is 2.53. The number of hydrogen-bond donors (Lipinski definition) is 2. The van der Waals surface area contributed by atoms with Gasteiger partial charge >= 0.3 is 0 Å². The van der Waals surface area contributed by atoms with Crippen molar-refractivity contribution in [2.45, 2.75) is 24.8 Å². The number of nitrogens with zero attached hydrogens (tertiary/aromatic N) is 4. The van der Waals surface area contributed by atoms with E-state index in [2.05, 4.69) is 25.5 Å². The molecular weight excluding hydrogens is 368 g/mol. The topological polar surface area (TPSA) is 104 Å². The first-order chi connectivity index (χ1) is 14.1. The maximum atomic E-state index is 13.0. The molecule has 8 nitrogen and oxygen atoms in total. The average Bonchev–Trinajstić information content (AvgIpc) is 3.41. The Morgan fingerprint density at radius 3 is 2.90 bits per heavy atom. The Morgan fingerprint density at radius 1 is 1.24 bits per heavy atom. The lowest BCUT2D eigenvalue weighted by Gasteiger charge is -2.22. The van der Waals surface area contributed by atoms with Crippen molar-refractivity contribution < 1.29 is 9.59 Å². The Hall–Kier alpha value is -3.55. The van der Waals surface area contributed by atoms with Gasteiger partial charge in [-0.3, -0.25) is 19.6 Å². The molecule has 2 N–H and O–H groups in total. The molecule has 2 aliphatic rings. The summed E-state index contributed by atoms with van der Waals surface area (Å²) in [5.74, 6) is 1.01. The number of pyridine rings is 1. The van der Waals surface area contributed by atoms with Gasteiger partial charge in [-0.25, -0.2) is 9.97 Å². The summed E-state index contributed by atoms with van der Waals surface area (Å²) in [5.41, 5.74) is 2.13. The van der Waals surface area contributed by atoms with Crippen molar-refractivity contribution in [3.05, 3.63) is 71.4 Å². The largest absolute Gasteiger partial charge is 0.337 e. The number of likely N-dealkylation sites (N-methyl/N-ethyl adjacent to an activating group) is 1. The maximum absolute atomic E-state index is 13.0. The molecule has 0 radical (unpaired) electrons. The number of carbonyl (C=O) groups excluding carboxylic acids is 2. The van der Waals surface area contributed by atoms with Crippen molar-refractivity contribution in [1.29, 1.82) is 0 Å². The summed E-state index contributed by atoms with van der Waals surface area (Å²) in [6.45, 7) is 0. The molecule has 1 aromatic carbocycles. The van der Waals surface area contributed by atoms with Crippen LogP contribution in [0.3, 0.4) is 0 Å². The number of hydrogen-bond acceptors (Lipinski definition) is 5. The first-order valence-corrected chi connectivity index (χ1v) is 9.60. The van der Waals surface area contributed by atoms with Gasteiger partial charge in [-0.05, 0) is 35.4 Å².